The monoisotopic (exact) mass is 447 g/mol. The third-order valence-corrected chi connectivity index (χ3v) is 6.01. The van der Waals surface area contributed by atoms with E-state index in [0.29, 0.717) is 16.0 Å². The average molecular weight is 447 g/mol. The summed E-state index contributed by atoms with van der Waals surface area (Å²) in [5.74, 6) is -0.00915. The van der Waals surface area contributed by atoms with Crippen molar-refractivity contribution in [1.82, 2.24) is 4.98 Å². The van der Waals surface area contributed by atoms with Gasteiger partial charge in [0.05, 0.1) is 10.8 Å². The van der Waals surface area contributed by atoms with E-state index in [2.05, 4.69) is 11.6 Å². The predicted octanol–water partition coefficient (Wildman–Crippen LogP) is 7.45. The van der Waals surface area contributed by atoms with Gasteiger partial charge in [0.1, 0.15) is 10.6 Å². The molecule has 0 radical (unpaired) electrons. The number of nitrogens with zero attached hydrogens (tertiary/aromatic N) is 1. The van der Waals surface area contributed by atoms with Crippen molar-refractivity contribution >= 4 is 21.0 Å². The van der Waals surface area contributed by atoms with E-state index in [9.17, 15) is 23.6 Å². The summed E-state index contributed by atoms with van der Waals surface area (Å²) in [4.78, 5) is 2.61. The summed E-state index contributed by atoms with van der Waals surface area (Å²) >= 11 is 0. The predicted molar refractivity (Wildman–Crippen MR) is 104 cm³/mol. The Morgan fingerprint density at radius 3 is 2.10 bits per heavy atom. The number of hydrogen-bond donors (Lipinski definition) is 0. The molecule has 3 aromatic rings. The van der Waals surface area contributed by atoms with E-state index in [1.165, 1.54) is 11.6 Å². The normalized spacial score (nSPS) is 15.1. The molecule has 0 aliphatic rings. The fourth-order valence-corrected chi connectivity index (χ4v) is 3.68. The van der Waals surface area contributed by atoms with Crippen molar-refractivity contribution < 1.29 is 28.4 Å². The number of hydrogen-bond acceptors (Lipinski definition) is 3. The van der Waals surface area contributed by atoms with Crippen molar-refractivity contribution in [2.24, 2.45) is 0 Å². The molecule has 0 spiro atoms. The van der Waals surface area contributed by atoms with Crippen LogP contribution >= 0.6 is 10.2 Å². The Morgan fingerprint density at radius 1 is 0.931 bits per heavy atom. The van der Waals surface area contributed by atoms with Crippen LogP contribution in [0.5, 0.6) is 11.6 Å². The Morgan fingerprint density at radius 2 is 1.55 bits per heavy atom. The number of halogens is 5. The Labute approximate surface area is 166 Å². The van der Waals surface area contributed by atoms with Gasteiger partial charge in [-0.1, -0.05) is 38.1 Å². The molecule has 0 N–H and O–H groups in total. The minimum atomic E-state index is -9.74. The lowest BCUT2D eigenvalue weighted by molar-refractivity contribution is 0.363. The maximum absolute atomic E-state index is 12.8. The van der Waals surface area contributed by atoms with E-state index in [-0.39, 0.29) is 23.8 Å². The molecule has 0 saturated heterocycles. The molecule has 29 heavy (non-hydrogen) atoms. The van der Waals surface area contributed by atoms with Gasteiger partial charge in [-0.15, -0.1) is 0 Å². The highest BCUT2D eigenvalue weighted by atomic mass is 32.5. The highest BCUT2D eigenvalue weighted by Crippen LogP contribution is 3.02. The summed E-state index contributed by atoms with van der Waals surface area (Å²) in [5.41, 5.74) is 1.17. The fraction of sp³-hybridized carbons (Fsp3) is 0. The molecular weight excluding hydrogens is 433 g/mol. The van der Waals surface area contributed by atoms with Crippen LogP contribution in [-0.4, -0.2) is 9.19 Å². The largest absolute Gasteiger partial charge is 0.438 e. The van der Waals surface area contributed by atoms with Gasteiger partial charge in [0.2, 0.25) is 5.88 Å². The van der Waals surface area contributed by atoms with Gasteiger partial charge in [0.25, 0.3) is 0 Å². The average Bonchev–Trinajstić information content (AvgIpc) is 2.66. The lowest BCUT2D eigenvalue weighted by Crippen LogP contribution is -2.05. The maximum atomic E-state index is 12.8. The molecule has 3 rings (SSSR count). The Hall–Kier alpha value is -2.72. The molecule has 3 nitrogen and oxygen atoms in total. The van der Waals surface area contributed by atoms with Crippen molar-refractivity contribution in [1.29, 1.82) is 0 Å². The van der Waals surface area contributed by atoms with Crippen LogP contribution in [-0.2, 0) is 10.8 Å². The number of ether oxygens (including phenoxy) is 1. The first-order chi connectivity index (χ1) is 13.4. The SMILES string of the molecule is C=CS(=O)c1ccc(-c2cccnc2Oc2ccc(S(F)(F)(F)(F)F)cc2)cc1. The molecule has 0 fully saturated rings. The molecule has 1 heterocycles. The molecule has 0 aliphatic heterocycles. The lowest BCUT2D eigenvalue weighted by Gasteiger charge is -2.40. The second kappa shape index (κ2) is 6.67. The van der Waals surface area contributed by atoms with Crippen LogP contribution in [0, 0.1) is 0 Å². The lowest BCUT2D eigenvalue weighted by atomic mass is 10.1. The number of rotatable bonds is 6. The zero-order valence-electron chi connectivity index (χ0n) is 14.6. The minimum absolute atomic E-state index is 0.0742. The summed E-state index contributed by atoms with van der Waals surface area (Å²) in [7, 11) is -11.1. The second-order valence-electron chi connectivity index (χ2n) is 5.89. The van der Waals surface area contributed by atoms with Crippen molar-refractivity contribution in [2.45, 2.75) is 9.79 Å². The zero-order valence-corrected chi connectivity index (χ0v) is 16.2. The topological polar surface area (TPSA) is 39.2 Å². The molecular formula is C19H14F5NO2S2. The van der Waals surface area contributed by atoms with Gasteiger partial charge in [0.15, 0.2) is 0 Å². The summed E-state index contributed by atoms with van der Waals surface area (Å²) in [6.07, 6.45) is 1.42. The third-order valence-electron chi connectivity index (χ3n) is 3.80. The van der Waals surface area contributed by atoms with Crippen LogP contribution in [0.3, 0.4) is 0 Å². The van der Waals surface area contributed by atoms with Crippen molar-refractivity contribution in [3.05, 3.63) is 78.8 Å². The highest BCUT2D eigenvalue weighted by Gasteiger charge is 2.65. The van der Waals surface area contributed by atoms with Crippen LogP contribution < -0.4 is 4.74 Å². The van der Waals surface area contributed by atoms with E-state index < -0.39 is 25.9 Å². The van der Waals surface area contributed by atoms with Crippen LogP contribution in [0.25, 0.3) is 11.1 Å². The van der Waals surface area contributed by atoms with Gasteiger partial charge in [0, 0.05) is 22.1 Å². The summed E-state index contributed by atoms with van der Waals surface area (Å²) in [5, 5.41) is 1.30. The molecule has 1 atom stereocenters. The second-order valence-corrected chi connectivity index (χ2v) is 9.70. The molecule has 0 aliphatic carbocycles. The summed E-state index contributed by atoms with van der Waals surface area (Å²) < 4.78 is 81.4. The molecule has 10 heteroatoms. The van der Waals surface area contributed by atoms with E-state index in [4.69, 9.17) is 4.74 Å². The molecule has 154 valence electrons. The van der Waals surface area contributed by atoms with Crippen molar-refractivity contribution in [3.8, 4) is 22.8 Å². The van der Waals surface area contributed by atoms with Gasteiger partial charge in [-0.25, -0.2) is 9.19 Å². The third kappa shape index (κ3) is 5.01. The quantitative estimate of drug-likeness (QED) is 0.369. The number of pyridine rings is 1. The molecule has 1 aromatic heterocycles. The molecule has 0 amide bonds. The first-order valence-corrected chi connectivity index (χ1v) is 11.1. The van der Waals surface area contributed by atoms with E-state index in [0.717, 1.165) is 12.1 Å². The first-order valence-electron chi connectivity index (χ1n) is 7.98. The Bertz CT molecular complexity index is 1080. The maximum Gasteiger partial charge on any atom is 0.310 e. The van der Waals surface area contributed by atoms with Crippen LogP contribution in [0.2, 0.25) is 0 Å². The Kier molecular flexibility index (Phi) is 4.83. The van der Waals surface area contributed by atoms with Crippen LogP contribution in [0.4, 0.5) is 19.4 Å². The van der Waals surface area contributed by atoms with Crippen molar-refractivity contribution in [3.63, 3.8) is 0 Å². The van der Waals surface area contributed by atoms with Gasteiger partial charge in [-0.3, -0.25) is 0 Å². The summed E-state index contributed by atoms with van der Waals surface area (Å²) in [6.45, 7) is 3.46. The number of benzene rings is 2. The first kappa shape index (κ1) is 21.0. The minimum Gasteiger partial charge on any atom is -0.438 e. The van der Waals surface area contributed by atoms with Crippen molar-refractivity contribution in [2.75, 3.05) is 0 Å². The molecule has 2 aromatic carbocycles. The van der Waals surface area contributed by atoms with E-state index >= 15 is 0 Å². The van der Waals surface area contributed by atoms with E-state index in [1.807, 2.05) is 0 Å². The zero-order chi connectivity index (χ0) is 21.3. The smallest absolute Gasteiger partial charge is 0.310 e. The summed E-state index contributed by atoms with van der Waals surface area (Å²) in [6, 6.07) is 12.1. The van der Waals surface area contributed by atoms with E-state index in [1.54, 1.807) is 36.4 Å². The Balaban J connectivity index is 1.91. The number of aromatic nitrogens is 1. The molecule has 0 bridgehead atoms. The molecule has 1 unspecified atom stereocenters. The standard InChI is InChI=1S/C19H14F5NO2S2/c1-2-28(26)16-9-5-14(6-10-16)18-4-3-13-25-19(18)27-15-7-11-17(12-8-15)29(20,21,22,23)24/h2-13H,1H2. The fourth-order valence-electron chi connectivity index (χ4n) is 2.43. The van der Waals surface area contributed by atoms with Crippen LogP contribution in [0.15, 0.2) is 88.6 Å². The van der Waals surface area contributed by atoms with Gasteiger partial charge >= 0.3 is 10.2 Å². The van der Waals surface area contributed by atoms with Gasteiger partial charge < -0.3 is 4.74 Å². The molecule has 0 saturated carbocycles. The highest BCUT2D eigenvalue weighted by molar-refractivity contribution is 8.45. The van der Waals surface area contributed by atoms with Gasteiger partial charge in [-0.2, -0.15) is 0 Å². The van der Waals surface area contributed by atoms with Crippen LogP contribution in [0.1, 0.15) is 0 Å². The van der Waals surface area contributed by atoms with Gasteiger partial charge in [-0.05, 0) is 54.1 Å².